The van der Waals surface area contributed by atoms with E-state index < -0.39 is 0 Å². The minimum atomic E-state index is 0.347. The Morgan fingerprint density at radius 2 is 1.78 bits per heavy atom. The Morgan fingerprint density at radius 1 is 0.963 bits per heavy atom. The van der Waals surface area contributed by atoms with Gasteiger partial charge in [0.05, 0.1) is 6.04 Å². The van der Waals surface area contributed by atoms with Crippen molar-refractivity contribution < 1.29 is 0 Å². The molecule has 1 saturated heterocycles. The molecule has 1 aliphatic heterocycles. The maximum absolute atomic E-state index is 3.49. The Morgan fingerprint density at radius 3 is 2.56 bits per heavy atom. The highest BCUT2D eigenvalue weighted by atomic mass is 32.1. The van der Waals surface area contributed by atoms with Crippen LogP contribution in [0, 0.1) is 0 Å². The van der Waals surface area contributed by atoms with E-state index >= 15 is 0 Å². The molecule has 0 aliphatic carbocycles. The number of hydrogen-bond donors (Lipinski definition) is 1. The number of para-hydroxylation sites is 1. The van der Waals surface area contributed by atoms with Gasteiger partial charge in [0.15, 0.2) is 0 Å². The average Bonchev–Trinajstić information content (AvgIpc) is 3.35. The fraction of sp³-hybridized carbons (Fsp3) is 0.304. The highest BCUT2D eigenvalue weighted by Crippen LogP contribution is 2.36. The van der Waals surface area contributed by atoms with Crippen molar-refractivity contribution in [3.63, 3.8) is 0 Å². The van der Waals surface area contributed by atoms with Crippen LogP contribution in [0.3, 0.4) is 0 Å². The quantitative estimate of drug-likeness (QED) is 0.549. The molecule has 138 valence electrons. The summed E-state index contributed by atoms with van der Waals surface area (Å²) < 4.78 is 2.43. The number of piperazine rings is 1. The Labute approximate surface area is 164 Å². The van der Waals surface area contributed by atoms with Crippen molar-refractivity contribution in [2.24, 2.45) is 0 Å². The summed E-state index contributed by atoms with van der Waals surface area (Å²) in [6.45, 7) is 7.55. The van der Waals surface area contributed by atoms with E-state index in [0.29, 0.717) is 6.04 Å². The van der Waals surface area contributed by atoms with E-state index in [4.69, 9.17) is 0 Å². The maximum Gasteiger partial charge on any atom is 0.0697 e. The Hall–Kier alpha value is -2.14. The predicted molar refractivity (Wildman–Crippen MR) is 116 cm³/mol. The standard InChI is InChI=1S/C23H25N3S/c1-2-26-20-7-4-3-6-18(20)19-16-17(9-10-21(19)26)23(22-8-5-15-27-22)25-13-11-24-12-14-25/h3-10,15-16,23-24H,2,11-14H2,1H3/t23-/m1/s1. The van der Waals surface area contributed by atoms with E-state index in [-0.39, 0.29) is 0 Å². The van der Waals surface area contributed by atoms with Crippen molar-refractivity contribution in [1.82, 2.24) is 14.8 Å². The summed E-state index contributed by atoms with van der Waals surface area (Å²) in [7, 11) is 0. The Bertz CT molecular complexity index is 1060. The van der Waals surface area contributed by atoms with Crippen LogP contribution in [0.25, 0.3) is 21.8 Å². The molecule has 1 aliphatic rings. The lowest BCUT2D eigenvalue weighted by Gasteiger charge is -2.34. The third-order valence-electron chi connectivity index (χ3n) is 5.76. The summed E-state index contributed by atoms with van der Waals surface area (Å²) in [6, 6.07) is 20.7. The monoisotopic (exact) mass is 375 g/mol. The topological polar surface area (TPSA) is 20.2 Å². The number of thiophene rings is 1. The molecule has 0 spiro atoms. The maximum atomic E-state index is 3.49. The van der Waals surface area contributed by atoms with E-state index in [1.54, 1.807) is 0 Å². The molecule has 4 aromatic rings. The van der Waals surface area contributed by atoms with E-state index in [9.17, 15) is 0 Å². The van der Waals surface area contributed by atoms with Gasteiger partial charge in [-0.25, -0.2) is 0 Å². The largest absolute Gasteiger partial charge is 0.341 e. The second-order valence-electron chi connectivity index (χ2n) is 7.24. The normalized spacial score (nSPS) is 16.9. The van der Waals surface area contributed by atoms with Gasteiger partial charge in [-0.2, -0.15) is 0 Å². The number of hydrogen-bond acceptors (Lipinski definition) is 3. The van der Waals surface area contributed by atoms with Gasteiger partial charge in [-0.05, 0) is 42.1 Å². The molecular weight excluding hydrogens is 350 g/mol. The van der Waals surface area contributed by atoms with Crippen LogP contribution in [0.2, 0.25) is 0 Å². The number of rotatable bonds is 4. The highest BCUT2D eigenvalue weighted by molar-refractivity contribution is 7.10. The van der Waals surface area contributed by atoms with Gasteiger partial charge in [0.1, 0.15) is 0 Å². The minimum absolute atomic E-state index is 0.347. The third kappa shape index (κ3) is 2.89. The number of nitrogens with zero attached hydrogens (tertiary/aromatic N) is 2. The molecule has 3 nitrogen and oxygen atoms in total. The summed E-state index contributed by atoms with van der Waals surface area (Å²) in [6.07, 6.45) is 0. The van der Waals surface area contributed by atoms with Gasteiger partial charge in [-0.3, -0.25) is 4.90 Å². The van der Waals surface area contributed by atoms with Crippen LogP contribution in [0.4, 0.5) is 0 Å². The van der Waals surface area contributed by atoms with E-state index in [1.807, 2.05) is 11.3 Å². The van der Waals surface area contributed by atoms with Crippen LogP contribution in [-0.4, -0.2) is 35.6 Å². The molecule has 2 aromatic heterocycles. The van der Waals surface area contributed by atoms with Crippen molar-refractivity contribution in [3.05, 3.63) is 70.4 Å². The lowest BCUT2D eigenvalue weighted by molar-refractivity contribution is 0.201. The summed E-state index contributed by atoms with van der Waals surface area (Å²) in [5.74, 6) is 0. The van der Waals surface area contributed by atoms with Crippen molar-refractivity contribution in [3.8, 4) is 0 Å². The average molecular weight is 376 g/mol. The van der Waals surface area contributed by atoms with Crippen LogP contribution in [0.5, 0.6) is 0 Å². The van der Waals surface area contributed by atoms with Crippen molar-refractivity contribution >= 4 is 33.1 Å². The molecule has 4 heteroatoms. The molecule has 1 N–H and O–H groups in total. The van der Waals surface area contributed by atoms with Crippen LogP contribution >= 0.6 is 11.3 Å². The molecule has 0 amide bonds. The fourth-order valence-electron chi connectivity index (χ4n) is 4.52. The lowest BCUT2D eigenvalue weighted by atomic mass is 10.00. The fourth-order valence-corrected chi connectivity index (χ4v) is 5.41. The predicted octanol–water partition coefficient (Wildman–Crippen LogP) is 4.87. The smallest absolute Gasteiger partial charge is 0.0697 e. The van der Waals surface area contributed by atoms with Crippen LogP contribution in [-0.2, 0) is 6.54 Å². The van der Waals surface area contributed by atoms with Crippen molar-refractivity contribution in [2.75, 3.05) is 26.2 Å². The van der Waals surface area contributed by atoms with Crippen LogP contribution < -0.4 is 5.32 Å². The second kappa shape index (κ2) is 7.12. The SMILES string of the molecule is CCn1c2ccccc2c2cc([C@H](c3cccs3)N3CCNCC3)ccc21. The molecule has 0 bridgehead atoms. The number of benzene rings is 2. The molecule has 5 rings (SSSR count). The van der Waals surface area contributed by atoms with Crippen LogP contribution in [0.15, 0.2) is 60.0 Å². The zero-order valence-corrected chi connectivity index (χ0v) is 16.5. The van der Waals surface area contributed by atoms with Gasteiger partial charge >= 0.3 is 0 Å². The number of nitrogens with one attached hydrogen (secondary N) is 1. The van der Waals surface area contributed by atoms with Gasteiger partial charge in [0.25, 0.3) is 0 Å². The number of aryl methyl sites for hydroxylation is 1. The van der Waals surface area contributed by atoms with Gasteiger partial charge in [0.2, 0.25) is 0 Å². The van der Waals surface area contributed by atoms with Gasteiger partial charge in [-0.1, -0.05) is 30.3 Å². The summed E-state index contributed by atoms with van der Waals surface area (Å²) in [5, 5.41) is 8.43. The molecule has 2 aromatic carbocycles. The third-order valence-corrected chi connectivity index (χ3v) is 6.68. The molecule has 3 heterocycles. The first-order valence-electron chi connectivity index (χ1n) is 9.86. The van der Waals surface area contributed by atoms with Crippen molar-refractivity contribution in [1.29, 1.82) is 0 Å². The lowest BCUT2D eigenvalue weighted by Crippen LogP contribution is -2.45. The number of aromatic nitrogens is 1. The molecule has 0 saturated carbocycles. The van der Waals surface area contributed by atoms with Gasteiger partial charge in [0, 0.05) is 59.4 Å². The Kier molecular flexibility index (Phi) is 4.48. The zero-order valence-electron chi connectivity index (χ0n) is 15.7. The molecular formula is C23H25N3S. The number of fused-ring (bicyclic) bond motifs is 3. The summed E-state index contributed by atoms with van der Waals surface area (Å²) in [5.41, 5.74) is 4.08. The van der Waals surface area contributed by atoms with Crippen LogP contribution in [0.1, 0.15) is 23.4 Å². The second-order valence-corrected chi connectivity index (χ2v) is 8.22. The van der Waals surface area contributed by atoms with Gasteiger partial charge in [-0.15, -0.1) is 11.3 Å². The van der Waals surface area contributed by atoms with E-state index in [2.05, 4.69) is 81.7 Å². The van der Waals surface area contributed by atoms with E-state index in [0.717, 1.165) is 32.7 Å². The van der Waals surface area contributed by atoms with E-state index in [1.165, 1.54) is 32.2 Å². The highest BCUT2D eigenvalue weighted by Gasteiger charge is 2.25. The molecule has 1 fully saturated rings. The molecule has 27 heavy (non-hydrogen) atoms. The Balaban J connectivity index is 1.69. The first-order chi connectivity index (χ1) is 13.4. The first-order valence-corrected chi connectivity index (χ1v) is 10.7. The van der Waals surface area contributed by atoms with Gasteiger partial charge < -0.3 is 9.88 Å². The summed E-state index contributed by atoms with van der Waals surface area (Å²) in [4.78, 5) is 4.07. The molecule has 1 atom stereocenters. The van der Waals surface area contributed by atoms with Crippen molar-refractivity contribution in [2.45, 2.75) is 19.5 Å². The molecule has 0 unspecified atom stereocenters. The first kappa shape index (κ1) is 17.0. The zero-order chi connectivity index (χ0) is 18.2. The molecule has 0 radical (unpaired) electrons. The minimum Gasteiger partial charge on any atom is -0.341 e. The summed E-state index contributed by atoms with van der Waals surface area (Å²) >= 11 is 1.87.